The average Bonchev–Trinajstić information content (AvgIpc) is 3.26. The Labute approximate surface area is 221 Å². The van der Waals surface area contributed by atoms with Crippen LogP contribution in [-0.2, 0) is 22.4 Å². The van der Waals surface area contributed by atoms with E-state index in [4.69, 9.17) is 26.1 Å². The van der Waals surface area contributed by atoms with E-state index in [1.807, 2.05) is 37.3 Å². The zero-order valence-corrected chi connectivity index (χ0v) is 22.1. The lowest BCUT2D eigenvalue weighted by Crippen LogP contribution is -2.42. The Balaban J connectivity index is 1.61. The maximum atomic E-state index is 12.6. The molecule has 3 aromatic rings. The number of imidazole rings is 1. The van der Waals surface area contributed by atoms with Gasteiger partial charge in [-0.2, -0.15) is 0 Å². The molecule has 1 fully saturated rings. The Morgan fingerprint density at radius 2 is 1.86 bits per heavy atom. The Hall–Kier alpha value is -3.26. The number of hydrogen-bond donors (Lipinski definition) is 1. The molecule has 2 aliphatic rings. The van der Waals surface area contributed by atoms with Gasteiger partial charge in [0.05, 0.1) is 41.9 Å². The lowest BCUT2D eigenvalue weighted by molar-refractivity contribution is -0.143. The number of nitrogens with zero attached hydrogens (tertiary/aromatic N) is 3. The molecular weight excluding hydrogens is 494 g/mol. The molecule has 8 nitrogen and oxygen atoms in total. The number of methoxy groups -OCH3 is 2. The first-order chi connectivity index (χ1) is 17.8. The zero-order valence-electron chi connectivity index (χ0n) is 21.4. The van der Waals surface area contributed by atoms with Gasteiger partial charge < -0.3 is 19.1 Å². The molecule has 37 heavy (non-hydrogen) atoms. The predicted octanol–water partition coefficient (Wildman–Crippen LogP) is 6.01. The van der Waals surface area contributed by atoms with Crippen molar-refractivity contribution in [1.29, 1.82) is 0 Å². The number of carboxylic acid groups (broad SMARTS) is 1. The second kappa shape index (κ2) is 10.2. The van der Waals surface area contributed by atoms with Crippen LogP contribution in [0.3, 0.4) is 0 Å². The summed E-state index contributed by atoms with van der Waals surface area (Å²) in [6.07, 6.45) is 4.69. The van der Waals surface area contributed by atoms with Crippen LogP contribution in [0.25, 0.3) is 11.0 Å². The molecule has 9 heteroatoms. The van der Waals surface area contributed by atoms with E-state index >= 15 is 0 Å². The molecular formula is C28H32ClN3O5. The number of benzene rings is 2. The fraction of sp³-hybridized carbons (Fsp3) is 0.464. The number of aromatic nitrogens is 2. The first-order valence-electron chi connectivity index (χ1n) is 12.8. The molecule has 0 radical (unpaired) electrons. The molecule has 2 heterocycles. The highest BCUT2D eigenvalue weighted by Crippen LogP contribution is 2.41. The summed E-state index contributed by atoms with van der Waals surface area (Å²) in [6.45, 7) is 2.03. The lowest BCUT2D eigenvalue weighted by Gasteiger charge is -2.34. The van der Waals surface area contributed by atoms with Crippen molar-refractivity contribution >= 4 is 40.4 Å². The summed E-state index contributed by atoms with van der Waals surface area (Å²) in [5, 5.41) is 10.1. The van der Waals surface area contributed by atoms with Crippen molar-refractivity contribution in [2.45, 2.75) is 64.0 Å². The molecule has 0 unspecified atom stereocenters. The van der Waals surface area contributed by atoms with Crippen LogP contribution in [0.15, 0.2) is 30.3 Å². The van der Waals surface area contributed by atoms with Crippen molar-refractivity contribution in [3.05, 3.63) is 52.3 Å². The first-order valence-corrected chi connectivity index (χ1v) is 13.1. The van der Waals surface area contributed by atoms with Gasteiger partial charge in [-0.3, -0.25) is 9.69 Å². The average molecular weight is 526 g/mol. The van der Waals surface area contributed by atoms with Crippen LogP contribution >= 0.6 is 11.6 Å². The normalized spacial score (nSPS) is 21.5. The number of hydrogen-bond acceptors (Lipinski definition) is 5. The first kappa shape index (κ1) is 25.4. The number of aliphatic carboxylic acids is 1. The van der Waals surface area contributed by atoms with Crippen LogP contribution in [0.1, 0.15) is 62.0 Å². The third kappa shape index (κ3) is 4.63. The van der Waals surface area contributed by atoms with E-state index in [0.717, 1.165) is 59.4 Å². The van der Waals surface area contributed by atoms with Crippen molar-refractivity contribution in [3.63, 3.8) is 0 Å². The second-order valence-corrected chi connectivity index (χ2v) is 10.5. The van der Waals surface area contributed by atoms with Crippen molar-refractivity contribution in [2.24, 2.45) is 5.92 Å². The topological polar surface area (TPSA) is 93.9 Å². The molecule has 5 rings (SSSR count). The van der Waals surface area contributed by atoms with Crippen molar-refractivity contribution in [2.75, 3.05) is 19.1 Å². The number of carbonyl (C=O) groups is 2. The smallest absolute Gasteiger partial charge is 0.414 e. The highest BCUT2D eigenvalue weighted by molar-refractivity contribution is 6.32. The van der Waals surface area contributed by atoms with Crippen LogP contribution in [0.2, 0.25) is 5.02 Å². The van der Waals surface area contributed by atoms with E-state index in [0.29, 0.717) is 30.0 Å². The number of carboxylic acids is 1. The van der Waals surface area contributed by atoms with Crippen LogP contribution in [0.5, 0.6) is 5.75 Å². The molecule has 1 aliphatic carbocycles. The summed E-state index contributed by atoms with van der Waals surface area (Å²) in [5.41, 5.74) is 4.82. The molecule has 1 N–H and O–H groups in total. The molecule has 1 amide bonds. The van der Waals surface area contributed by atoms with Gasteiger partial charge in [-0.25, -0.2) is 9.78 Å². The van der Waals surface area contributed by atoms with E-state index in [2.05, 4.69) is 4.57 Å². The number of aryl methyl sites for hydroxylation is 1. The van der Waals surface area contributed by atoms with Crippen LogP contribution in [0, 0.1) is 5.92 Å². The van der Waals surface area contributed by atoms with E-state index in [1.54, 1.807) is 12.0 Å². The van der Waals surface area contributed by atoms with Gasteiger partial charge in [0.1, 0.15) is 11.6 Å². The number of fused-ring (bicyclic) bond motifs is 3. The van der Waals surface area contributed by atoms with Crippen LogP contribution < -0.4 is 9.64 Å². The highest BCUT2D eigenvalue weighted by Gasteiger charge is 2.33. The van der Waals surface area contributed by atoms with Crippen LogP contribution in [-0.4, -0.2) is 47.0 Å². The van der Waals surface area contributed by atoms with Crippen molar-refractivity contribution < 1.29 is 24.2 Å². The summed E-state index contributed by atoms with van der Waals surface area (Å²) in [6, 6.07) is 9.99. The number of carbonyl (C=O) groups excluding carboxylic acids is 1. The van der Waals surface area contributed by atoms with Gasteiger partial charge in [0.2, 0.25) is 0 Å². The highest BCUT2D eigenvalue weighted by atomic mass is 35.5. The Morgan fingerprint density at radius 1 is 1.11 bits per heavy atom. The Kier molecular flexibility index (Phi) is 7.03. The fourth-order valence-corrected chi connectivity index (χ4v) is 6.22. The Morgan fingerprint density at radius 3 is 2.51 bits per heavy atom. The maximum Gasteiger partial charge on any atom is 0.414 e. The summed E-state index contributed by atoms with van der Waals surface area (Å²) < 4.78 is 12.7. The van der Waals surface area contributed by atoms with Crippen LogP contribution in [0.4, 0.5) is 10.5 Å². The molecule has 1 atom stereocenters. The van der Waals surface area contributed by atoms with Gasteiger partial charge in [0.15, 0.2) is 0 Å². The largest absolute Gasteiger partial charge is 0.495 e. The van der Waals surface area contributed by atoms with E-state index in [1.165, 1.54) is 7.11 Å². The maximum absolute atomic E-state index is 12.6. The molecule has 196 valence electrons. The minimum Gasteiger partial charge on any atom is -0.495 e. The lowest BCUT2D eigenvalue weighted by atomic mass is 9.85. The Bertz CT molecular complexity index is 1350. The van der Waals surface area contributed by atoms with E-state index in [9.17, 15) is 14.7 Å². The van der Waals surface area contributed by atoms with Gasteiger partial charge in [0, 0.05) is 24.1 Å². The minimum atomic E-state index is -0.715. The molecule has 0 bridgehead atoms. The van der Waals surface area contributed by atoms with Crippen molar-refractivity contribution in [1.82, 2.24) is 9.55 Å². The molecule has 1 aliphatic heterocycles. The quantitative estimate of drug-likeness (QED) is 0.438. The summed E-state index contributed by atoms with van der Waals surface area (Å²) >= 11 is 6.42. The SMILES string of the molecule is COC(=O)N1c2ccc3c(nc(Cc4ccc(OC)c(Cl)c4)n3[C@H]3CC[C@H](C(=O)O)CC3)c2CC[C@@H]1C. The molecule has 1 saturated carbocycles. The van der Waals surface area contributed by atoms with Gasteiger partial charge in [-0.15, -0.1) is 0 Å². The predicted molar refractivity (Wildman–Crippen MR) is 142 cm³/mol. The summed E-state index contributed by atoms with van der Waals surface area (Å²) in [4.78, 5) is 31.1. The third-order valence-electron chi connectivity index (χ3n) is 7.89. The summed E-state index contributed by atoms with van der Waals surface area (Å²) in [7, 11) is 3.00. The number of halogens is 1. The molecule has 0 saturated heterocycles. The molecule has 0 spiro atoms. The zero-order chi connectivity index (χ0) is 26.3. The minimum absolute atomic E-state index is 0.0340. The van der Waals surface area contributed by atoms with E-state index in [-0.39, 0.29) is 24.1 Å². The van der Waals surface area contributed by atoms with Gasteiger partial charge in [-0.1, -0.05) is 17.7 Å². The number of ether oxygens (including phenoxy) is 2. The number of anilines is 1. The monoisotopic (exact) mass is 525 g/mol. The number of rotatable bonds is 5. The second-order valence-electron chi connectivity index (χ2n) is 10.0. The van der Waals surface area contributed by atoms with Gasteiger partial charge in [-0.05, 0) is 75.3 Å². The van der Waals surface area contributed by atoms with Gasteiger partial charge >= 0.3 is 12.1 Å². The fourth-order valence-electron chi connectivity index (χ4n) is 5.94. The number of amides is 1. The summed E-state index contributed by atoms with van der Waals surface area (Å²) in [5.74, 6) is 0.523. The standard InChI is InChI=1S/C28H32ClN3O5/c1-16-4-10-20-22(31(16)28(35)37-3)11-12-23-26(20)30-25(15-17-5-13-24(36-2)21(29)14-17)32(23)19-8-6-18(7-9-19)27(33)34/h5,11-14,16,18-19H,4,6-10,15H2,1-3H3,(H,33,34)/t16-,18-,19-/m0/s1. The molecule has 2 aromatic carbocycles. The third-order valence-corrected chi connectivity index (χ3v) is 8.18. The van der Waals surface area contributed by atoms with Crippen molar-refractivity contribution in [3.8, 4) is 5.75 Å². The van der Waals surface area contributed by atoms with Gasteiger partial charge in [0.25, 0.3) is 0 Å². The molecule has 1 aromatic heterocycles. The van der Waals surface area contributed by atoms with E-state index < -0.39 is 5.97 Å².